The van der Waals surface area contributed by atoms with Crippen LogP contribution in [0, 0.1) is 0 Å². The van der Waals surface area contributed by atoms with Crippen molar-refractivity contribution in [2.45, 2.75) is 26.4 Å². The maximum Gasteiger partial charge on any atom is 0.231 e. The van der Waals surface area contributed by atoms with Crippen LogP contribution in [-0.2, 0) is 16.4 Å². The Morgan fingerprint density at radius 3 is 2.57 bits per heavy atom. The molecule has 0 saturated carbocycles. The first-order chi connectivity index (χ1) is 9.85. The van der Waals surface area contributed by atoms with Crippen molar-refractivity contribution in [3.63, 3.8) is 0 Å². The van der Waals surface area contributed by atoms with E-state index in [1.54, 1.807) is 6.07 Å². The van der Waals surface area contributed by atoms with Gasteiger partial charge in [-0.2, -0.15) is 0 Å². The van der Waals surface area contributed by atoms with E-state index in [2.05, 4.69) is 19.2 Å². The molecule has 0 fully saturated rings. The minimum absolute atomic E-state index is 0.0154. The van der Waals surface area contributed by atoms with Gasteiger partial charge >= 0.3 is 0 Å². The number of rotatable bonds is 7. The number of hydrogen-bond acceptors (Lipinski definition) is 6. The van der Waals surface area contributed by atoms with E-state index in [9.17, 15) is 8.42 Å². The van der Waals surface area contributed by atoms with Crippen LogP contribution in [0.5, 0.6) is 17.2 Å². The van der Waals surface area contributed by atoms with E-state index in [1.807, 2.05) is 6.07 Å². The Bertz CT molecular complexity index is 598. The van der Waals surface area contributed by atoms with E-state index in [4.69, 9.17) is 14.2 Å². The van der Waals surface area contributed by atoms with E-state index >= 15 is 0 Å². The number of sulfone groups is 1. The lowest BCUT2D eigenvalue weighted by Crippen LogP contribution is -2.22. The summed E-state index contributed by atoms with van der Waals surface area (Å²) in [5.74, 6) is 1.91. The highest BCUT2D eigenvalue weighted by molar-refractivity contribution is 7.90. The zero-order valence-corrected chi connectivity index (χ0v) is 13.3. The quantitative estimate of drug-likeness (QED) is 0.818. The average molecular weight is 315 g/mol. The number of benzene rings is 1. The Morgan fingerprint density at radius 2 is 1.95 bits per heavy atom. The largest absolute Gasteiger partial charge is 0.492 e. The highest BCUT2D eigenvalue weighted by Crippen LogP contribution is 2.38. The molecular weight excluding hydrogens is 294 g/mol. The summed E-state index contributed by atoms with van der Waals surface area (Å²) in [6.45, 7) is 5.03. The standard InChI is InChI=1S/C14H21NO5S/c1-10(2)15-8-11-6-13-14(20-9-19-13)7-12(11)18-4-5-21(3,16)17/h6-7,10,15H,4-5,8-9H2,1-3H3. The predicted octanol–water partition coefficient (Wildman–Crippen LogP) is 1.34. The SMILES string of the molecule is CC(C)NCc1cc2c(cc1OCCS(C)(=O)=O)OCO2. The zero-order chi connectivity index (χ0) is 15.5. The van der Waals surface area contributed by atoms with Crippen molar-refractivity contribution in [1.82, 2.24) is 5.32 Å². The van der Waals surface area contributed by atoms with Gasteiger partial charge in [-0.15, -0.1) is 0 Å². The van der Waals surface area contributed by atoms with Gasteiger partial charge in [0.1, 0.15) is 12.4 Å². The molecule has 0 atom stereocenters. The number of hydrogen-bond donors (Lipinski definition) is 1. The van der Waals surface area contributed by atoms with Crippen molar-refractivity contribution in [2.75, 3.05) is 25.4 Å². The van der Waals surface area contributed by atoms with Crippen LogP contribution in [0.2, 0.25) is 0 Å². The molecule has 0 spiro atoms. The molecule has 0 bridgehead atoms. The number of ether oxygens (including phenoxy) is 3. The van der Waals surface area contributed by atoms with Crippen LogP contribution in [0.1, 0.15) is 19.4 Å². The van der Waals surface area contributed by atoms with E-state index in [-0.39, 0.29) is 19.2 Å². The van der Waals surface area contributed by atoms with Crippen molar-refractivity contribution >= 4 is 9.84 Å². The predicted molar refractivity (Wildman–Crippen MR) is 79.7 cm³/mol. The first kappa shape index (κ1) is 15.9. The minimum atomic E-state index is -3.04. The maximum absolute atomic E-state index is 11.2. The summed E-state index contributed by atoms with van der Waals surface area (Å²) in [5, 5.41) is 3.31. The smallest absolute Gasteiger partial charge is 0.231 e. The van der Waals surface area contributed by atoms with Crippen molar-refractivity contribution in [2.24, 2.45) is 0 Å². The van der Waals surface area contributed by atoms with Crippen LogP contribution in [-0.4, -0.2) is 39.9 Å². The molecule has 1 aromatic rings. The molecule has 0 aromatic heterocycles. The van der Waals surface area contributed by atoms with Crippen LogP contribution >= 0.6 is 0 Å². The molecule has 0 amide bonds. The summed E-state index contributed by atoms with van der Waals surface area (Å²) in [5.41, 5.74) is 0.918. The van der Waals surface area contributed by atoms with Gasteiger partial charge < -0.3 is 19.5 Å². The first-order valence-corrected chi connectivity index (χ1v) is 8.87. The van der Waals surface area contributed by atoms with Crippen LogP contribution in [0.3, 0.4) is 0 Å². The first-order valence-electron chi connectivity index (χ1n) is 6.81. The molecule has 0 radical (unpaired) electrons. The number of nitrogens with one attached hydrogen (secondary N) is 1. The molecule has 1 aromatic carbocycles. The lowest BCUT2D eigenvalue weighted by molar-refractivity contribution is 0.173. The molecule has 1 aliphatic rings. The average Bonchev–Trinajstić information content (AvgIpc) is 2.81. The zero-order valence-electron chi connectivity index (χ0n) is 12.5. The third-order valence-corrected chi connectivity index (χ3v) is 3.88. The fourth-order valence-corrected chi connectivity index (χ4v) is 2.24. The molecule has 0 aliphatic carbocycles. The lowest BCUT2D eigenvalue weighted by atomic mass is 10.1. The molecule has 2 rings (SSSR count). The molecule has 7 heteroatoms. The van der Waals surface area contributed by atoms with Crippen LogP contribution in [0.4, 0.5) is 0 Å². The van der Waals surface area contributed by atoms with E-state index < -0.39 is 9.84 Å². The normalized spacial score (nSPS) is 13.7. The van der Waals surface area contributed by atoms with E-state index in [1.165, 1.54) is 6.26 Å². The van der Waals surface area contributed by atoms with Gasteiger partial charge in [0, 0.05) is 30.5 Å². The molecule has 6 nitrogen and oxygen atoms in total. The summed E-state index contributed by atoms with van der Waals surface area (Å²) < 4.78 is 38.6. The Hall–Kier alpha value is -1.47. The Morgan fingerprint density at radius 1 is 1.29 bits per heavy atom. The van der Waals surface area contributed by atoms with Gasteiger partial charge in [0.05, 0.1) is 5.75 Å². The summed E-state index contributed by atoms with van der Waals surface area (Å²) >= 11 is 0. The molecule has 0 saturated heterocycles. The van der Waals surface area contributed by atoms with Gasteiger partial charge in [-0.1, -0.05) is 13.8 Å². The fourth-order valence-electron chi connectivity index (χ4n) is 1.86. The van der Waals surface area contributed by atoms with Gasteiger partial charge in [-0.25, -0.2) is 8.42 Å². The maximum atomic E-state index is 11.2. The molecule has 0 unspecified atom stereocenters. The summed E-state index contributed by atoms with van der Waals surface area (Å²) in [7, 11) is -3.04. The molecule has 1 aliphatic heterocycles. The van der Waals surface area contributed by atoms with Crippen molar-refractivity contribution in [3.8, 4) is 17.2 Å². The van der Waals surface area contributed by atoms with Gasteiger partial charge in [0.15, 0.2) is 21.3 Å². The summed E-state index contributed by atoms with van der Waals surface area (Å²) in [6.07, 6.45) is 1.19. The van der Waals surface area contributed by atoms with Crippen LogP contribution < -0.4 is 19.5 Å². The second kappa shape index (κ2) is 6.53. The third-order valence-electron chi connectivity index (χ3n) is 2.97. The Labute approximate surface area is 125 Å². The Balaban J connectivity index is 2.12. The second-order valence-corrected chi connectivity index (χ2v) is 7.59. The monoisotopic (exact) mass is 315 g/mol. The second-order valence-electron chi connectivity index (χ2n) is 5.33. The van der Waals surface area contributed by atoms with Crippen LogP contribution in [0.25, 0.3) is 0 Å². The molecule has 21 heavy (non-hydrogen) atoms. The molecule has 1 heterocycles. The third kappa shape index (κ3) is 4.78. The summed E-state index contributed by atoms with van der Waals surface area (Å²) in [6, 6.07) is 3.95. The highest BCUT2D eigenvalue weighted by atomic mass is 32.2. The molecule has 1 N–H and O–H groups in total. The molecule has 118 valence electrons. The Kier molecular flexibility index (Phi) is 4.95. The van der Waals surface area contributed by atoms with Gasteiger partial charge in [0.2, 0.25) is 6.79 Å². The van der Waals surface area contributed by atoms with Gasteiger partial charge in [-0.05, 0) is 6.07 Å². The van der Waals surface area contributed by atoms with Crippen molar-refractivity contribution in [3.05, 3.63) is 17.7 Å². The van der Waals surface area contributed by atoms with Crippen LogP contribution in [0.15, 0.2) is 12.1 Å². The highest BCUT2D eigenvalue weighted by Gasteiger charge is 2.18. The fraction of sp³-hybridized carbons (Fsp3) is 0.571. The van der Waals surface area contributed by atoms with E-state index in [0.29, 0.717) is 29.8 Å². The minimum Gasteiger partial charge on any atom is -0.492 e. The van der Waals surface area contributed by atoms with Gasteiger partial charge in [0.25, 0.3) is 0 Å². The van der Waals surface area contributed by atoms with Gasteiger partial charge in [-0.3, -0.25) is 0 Å². The number of fused-ring (bicyclic) bond motifs is 1. The van der Waals surface area contributed by atoms with Crippen molar-refractivity contribution in [1.29, 1.82) is 0 Å². The molecular formula is C14H21NO5S. The lowest BCUT2D eigenvalue weighted by Gasteiger charge is -2.14. The van der Waals surface area contributed by atoms with Crippen molar-refractivity contribution < 1.29 is 22.6 Å². The topological polar surface area (TPSA) is 73.9 Å². The van der Waals surface area contributed by atoms with E-state index in [0.717, 1.165) is 5.56 Å². The summed E-state index contributed by atoms with van der Waals surface area (Å²) in [4.78, 5) is 0.